The summed E-state index contributed by atoms with van der Waals surface area (Å²) in [5.41, 5.74) is 10.9. The summed E-state index contributed by atoms with van der Waals surface area (Å²) in [5.74, 6) is 0. The number of pyridine rings is 2. The van der Waals surface area contributed by atoms with Gasteiger partial charge in [-0.25, -0.2) is 4.57 Å². The molecule has 0 spiro atoms. The predicted molar refractivity (Wildman–Crippen MR) is 163 cm³/mol. The lowest BCUT2D eigenvalue weighted by Crippen LogP contribution is -2.29. The summed E-state index contributed by atoms with van der Waals surface area (Å²) < 4.78 is 5.10. The Kier molecular flexibility index (Phi) is 4.53. The Balaban J connectivity index is 1.95. The molecule has 4 aromatic carbocycles. The van der Waals surface area contributed by atoms with Gasteiger partial charge in [-0.15, -0.1) is 0 Å². The van der Waals surface area contributed by atoms with E-state index in [1.807, 2.05) is 0 Å². The van der Waals surface area contributed by atoms with Crippen molar-refractivity contribution in [2.24, 2.45) is 7.05 Å². The molecule has 0 N–H and O–H groups in total. The van der Waals surface area contributed by atoms with Crippen molar-refractivity contribution in [2.45, 2.75) is 44.5 Å². The molecule has 0 saturated carbocycles. The molecule has 0 bridgehead atoms. The number of benzene rings is 4. The van der Waals surface area contributed by atoms with Gasteiger partial charge in [0.25, 0.3) is 0 Å². The molecule has 0 aliphatic carbocycles. The van der Waals surface area contributed by atoms with Gasteiger partial charge in [-0.1, -0.05) is 84.5 Å². The average molecular weight is 582 g/mol. The average Bonchev–Trinajstić information content (AvgIpc) is 3.17. The van der Waals surface area contributed by atoms with Gasteiger partial charge in [0, 0.05) is 20.3 Å². The quantitative estimate of drug-likeness (QED) is 0.0635. The minimum absolute atomic E-state index is 0.127. The van der Waals surface area contributed by atoms with Crippen LogP contribution in [0.15, 0.2) is 60.8 Å². The topological polar surface area (TPSA) is 8.29 Å². The van der Waals surface area contributed by atoms with E-state index < -0.39 is 0 Å². The third-order valence-electron chi connectivity index (χ3n) is 8.09. The lowest BCUT2D eigenvalue weighted by atomic mass is 9.88. The van der Waals surface area contributed by atoms with Crippen molar-refractivity contribution < 1.29 is 4.57 Å². The van der Waals surface area contributed by atoms with Crippen molar-refractivity contribution in [2.75, 3.05) is 0 Å². The number of nitrogens with zero attached hydrogens (tertiary/aromatic N) is 2. The number of fused-ring (bicyclic) bond motifs is 7. The first-order valence-corrected chi connectivity index (χ1v) is 13.8. The van der Waals surface area contributed by atoms with E-state index in [1.54, 1.807) is 0 Å². The van der Waals surface area contributed by atoms with Crippen molar-refractivity contribution in [1.29, 1.82) is 0 Å². The Morgan fingerprint density at radius 1 is 0.833 bits per heavy atom. The molecule has 0 saturated heterocycles. The Hall–Kier alpha value is -2.92. The van der Waals surface area contributed by atoms with Gasteiger partial charge >= 0.3 is 0 Å². The van der Waals surface area contributed by atoms with Crippen molar-refractivity contribution >= 4 is 82.4 Å². The molecule has 0 aliphatic heterocycles. The molecule has 0 radical (unpaired) electrons. The molecule has 0 fully saturated rings. The zero-order valence-corrected chi connectivity index (χ0v) is 23.9. The largest absolute Gasteiger partial charge is 0.307 e. The Morgan fingerprint density at radius 3 is 2.39 bits per heavy atom. The molecule has 36 heavy (non-hydrogen) atoms. The smallest absolute Gasteiger partial charge is 0.224 e. The standard InChI is InChI=1S/C33H30IN2/c1-18-11-12-22-24(15-18)20(3)28-30(25(22)17-33(4,5)34)36-26-10-8-7-9-23(26)27-19(2)16-21-13-14-35(6)31(28)29(21)32(27)36/h7-16H,17H2,1-6H3/q+1. The first kappa shape index (κ1) is 22.3. The number of hydrogen-bond donors (Lipinski definition) is 0. The third kappa shape index (κ3) is 2.86. The van der Waals surface area contributed by atoms with Gasteiger partial charge in [0.1, 0.15) is 7.05 Å². The summed E-state index contributed by atoms with van der Waals surface area (Å²) in [5, 5.41) is 9.58. The summed E-state index contributed by atoms with van der Waals surface area (Å²) >= 11 is 2.63. The zero-order chi connectivity index (χ0) is 25.1. The maximum Gasteiger partial charge on any atom is 0.224 e. The Bertz CT molecular complexity index is 2040. The second-order valence-corrected chi connectivity index (χ2v) is 14.2. The van der Waals surface area contributed by atoms with Crippen LogP contribution in [0.25, 0.3) is 59.8 Å². The lowest BCUT2D eigenvalue weighted by molar-refractivity contribution is -0.643. The van der Waals surface area contributed by atoms with Gasteiger partial charge < -0.3 is 4.40 Å². The maximum atomic E-state index is 2.63. The van der Waals surface area contributed by atoms with Gasteiger partial charge in [0.05, 0.1) is 27.3 Å². The molecule has 0 unspecified atom stereocenters. The molecular weight excluding hydrogens is 551 g/mol. The third-order valence-corrected chi connectivity index (χ3v) is 8.47. The highest BCUT2D eigenvalue weighted by molar-refractivity contribution is 14.1. The minimum atomic E-state index is 0.127. The van der Waals surface area contributed by atoms with Gasteiger partial charge in [-0.05, 0) is 66.1 Å². The summed E-state index contributed by atoms with van der Waals surface area (Å²) in [6.07, 6.45) is 3.25. The number of rotatable bonds is 2. The number of aryl methyl sites for hydroxylation is 4. The molecule has 7 rings (SSSR count). The second-order valence-electron chi connectivity index (χ2n) is 11.3. The van der Waals surface area contributed by atoms with Crippen molar-refractivity contribution in [1.82, 2.24) is 4.40 Å². The number of para-hydroxylation sites is 1. The molecule has 178 valence electrons. The number of halogens is 1. The summed E-state index contributed by atoms with van der Waals surface area (Å²) in [6.45, 7) is 11.5. The van der Waals surface area contributed by atoms with E-state index in [0.717, 1.165) is 6.42 Å². The molecule has 7 aromatic rings. The SMILES string of the molecule is Cc1ccc2c(CC(C)(C)I)c3c(c(C)c2c1)c1c2c(cc[n+]1C)cc(C)c1c4ccccc4n3c12. The van der Waals surface area contributed by atoms with Gasteiger partial charge in [0.2, 0.25) is 5.52 Å². The number of alkyl halides is 1. The fourth-order valence-corrected chi connectivity index (χ4v) is 7.09. The van der Waals surface area contributed by atoms with E-state index in [-0.39, 0.29) is 3.42 Å². The molecule has 3 heterocycles. The highest BCUT2D eigenvalue weighted by atomic mass is 127. The van der Waals surface area contributed by atoms with Crippen molar-refractivity contribution in [3.05, 3.63) is 83.0 Å². The van der Waals surface area contributed by atoms with Crippen molar-refractivity contribution in [3.63, 3.8) is 0 Å². The fourth-order valence-electron chi connectivity index (χ4n) is 6.71. The lowest BCUT2D eigenvalue weighted by Gasteiger charge is -2.23. The van der Waals surface area contributed by atoms with Crippen LogP contribution in [0.2, 0.25) is 0 Å². The first-order valence-electron chi connectivity index (χ1n) is 12.8. The maximum absolute atomic E-state index is 2.63. The normalized spacial score (nSPS) is 13.0. The monoisotopic (exact) mass is 581 g/mol. The van der Waals surface area contributed by atoms with Crippen LogP contribution in [0.3, 0.4) is 0 Å². The minimum Gasteiger partial charge on any atom is -0.307 e. The zero-order valence-electron chi connectivity index (χ0n) is 21.8. The number of hydrogen-bond acceptors (Lipinski definition) is 0. The summed E-state index contributed by atoms with van der Waals surface area (Å²) in [4.78, 5) is 0. The van der Waals surface area contributed by atoms with E-state index in [4.69, 9.17) is 0 Å². The first-order chi connectivity index (χ1) is 17.2. The Morgan fingerprint density at radius 2 is 1.61 bits per heavy atom. The number of aromatic nitrogens is 2. The van der Waals surface area contributed by atoms with Crippen LogP contribution in [0.5, 0.6) is 0 Å². The van der Waals surface area contributed by atoms with Crippen LogP contribution in [0.4, 0.5) is 0 Å². The molecule has 3 aromatic heterocycles. The second kappa shape index (κ2) is 7.32. The molecule has 2 nitrogen and oxygen atoms in total. The van der Waals surface area contributed by atoms with Crippen LogP contribution in [0.1, 0.15) is 36.1 Å². The molecular formula is C33H30IN2+. The van der Waals surface area contributed by atoms with E-state index >= 15 is 0 Å². The van der Waals surface area contributed by atoms with Crippen LogP contribution in [-0.4, -0.2) is 7.82 Å². The summed E-state index contributed by atoms with van der Waals surface area (Å²) in [7, 11) is 2.21. The molecule has 0 atom stereocenters. The van der Waals surface area contributed by atoms with Gasteiger partial charge in [-0.3, -0.25) is 0 Å². The van der Waals surface area contributed by atoms with E-state index in [2.05, 4.69) is 134 Å². The highest BCUT2D eigenvalue weighted by Gasteiger charge is 2.29. The predicted octanol–water partition coefficient (Wildman–Crippen LogP) is 8.65. The van der Waals surface area contributed by atoms with E-state index in [1.165, 1.54) is 82.0 Å². The Labute approximate surface area is 225 Å². The fraction of sp³-hybridized carbons (Fsp3) is 0.242. The highest BCUT2D eigenvalue weighted by Crippen LogP contribution is 2.46. The van der Waals surface area contributed by atoms with Gasteiger partial charge in [-0.2, -0.15) is 0 Å². The van der Waals surface area contributed by atoms with Gasteiger partial charge in [0.15, 0.2) is 6.20 Å². The summed E-state index contributed by atoms with van der Waals surface area (Å²) in [6, 6.07) is 20.7. The molecule has 0 aliphatic rings. The van der Waals surface area contributed by atoms with Crippen LogP contribution < -0.4 is 4.57 Å². The van der Waals surface area contributed by atoms with Crippen LogP contribution in [0, 0.1) is 20.8 Å². The molecule has 3 heteroatoms. The van der Waals surface area contributed by atoms with E-state index in [9.17, 15) is 0 Å². The van der Waals surface area contributed by atoms with Crippen molar-refractivity contribution in [3.8, 4) is 0 Å². The van der Waals surface area contributed by atoms with Crippen LogP contribution in [-0.2, 0) is 13.5 Å². The van der Waals surface area contributed by atoms with E-state index in [0.29, 0.717) is 0 Å². The van der Waals surface area contributed by atoms with Crippen LogP contribution >= 0.6 is 22.6 Å². The molecule has 0 amide bonds.